The number of thiocarbonyl (C=S) groups is 1. The molecule has 1 atom stereocenters. The van der Waals surface area contributed by atoms with Crippen molar-refractivity contribution in [2.24, 2.45) is 11.7 Å². The summed E-state index contributed by atoms with van der Waals surface area (Å²) in [5.41, 5.74) is 6.03. The van der Waals surface area contributed by atoms with Crippen molar-refractivity contribution in [3.8, 4) is 0 Å². The van der Waals surface area contributed by atoms with Gasteiger partial charge in [-0.05, 0) is 31.0 Å². The van der Waals surface area contributed by atoms with Crippen LogP contribution in [0.25, 0.3) is 0 Å². The van der Waals surface area contributed by atoms with Crippen molar-refractivity contribution in [3.05, 3.63) is 29.6 Å². The minimum absolute atomic E-state index is 0.0328. The van der Waals surface area contributed by atoms with E-state index in [0.29, 0.717) is 18.9 Å². The van der Waals surface area contributed by atoms with E-state index in [2.05, 4.69) is 5.32 Å². The van der Waals surface area contributed by atoms with Crippen molar-refractivity contribution in [2.75, 3.05) is 18.5 Å². The maximum absolute atomic E-state index is 13.4. The quantitative estimate of drug-likeness (QED) is 0.830. The van der Waals surface area contributed by atoms with Gasteiger partial charge in [0.1, 0.15) is 10.8 Å². The molecule has 0 aromatic heterocycles. The Labute approximate surface area is 116 Å². The largest absolute Gasteiger partial charge is 0.389 e. The fraction of sp³-hybridized carbons (Fsp3) is 0.385. The number of halogens is 1. The number of carbonyl (C=O) groups is 1. The number of benzene rings is 1. The lowest BCUT2D eigenvalue weighted by atomic mass is 10.0. The first-order valence-corrected chi connectivity index (χ1v) is 6.46. The molecule has 0 bridgehead atoms. The topological polar surface area (TPSA) is 64.3 Å². The molecular weight excluding hydrogens is 267 g/mol. The molecule has 1 aromatic carbocycles. The lowest BCUT2D eigenvalue weighted by Crippen LogP contribution is -2.30. The summed E-state index contributed by atoms with van der Waals surface area (Å²) in [5.74, 6) is -0.779. The number of carbonyl (C=O) groups excluding carboxylic acids is 1. The molecule has 0 saturated carbocycles. The van der Waals surface area contributed by atoms with Gasteiger partial charge in [0.05, 0.1) is 12.5 Å². The highest BCUT2D eigenvalue weighted by molar-refractivity contribution is 7.80. The van der Waals surface area contributed by atoms with E-state index in [4.69, 9.17) is 22.7 Å². The first kappa shape index (κ1) is 13.9. The van der Waals surface area contributed by atoms with Crippen LogP contribution < -0.4 is 11.1 Å². The van der Waals surface area contributed by atoms with E-state index in [1.807, 2.05) is 0 Å². The number of rotatable bonds is 3. The Hall–Kier alpha value is -1.53. The second kappa shape index (κ2) is 6.08. The van der Waals surface area contributed by atoms with Gasteiger partial charge in [0, 0.05) is 17.9 Å². The Morgan fingerprint density at radius 3 is 2.95 bits per heavy atom. The fourth-order valence-electron chi connectivity index (χ4n) is 1.98. The van der Waals surface area contributed by atoms with E-state index in [-0.39, 0.29) is 22.4 Å². The zero-order valence-electron chi connectivity index (χ0n) is 10.3. The Balaban J connectivity index is 2.08. The number of hydrogen-bond donors (Lipinski definition) is 2. The van der Waals surface area contributed by atoms with Crippen molar-refractivity contribution in [2.45, 2.75) is 12.8 Å². The second-order valence-electron chi connectivity index (χ2n) is 4.46. The Kier molecular flexibility index (Phi) is 4.44. The summed E-state index contributed by atoms with van der Waals surface area (Å²) in [4.78, 5) is 12.0. The smallest absolute Gasteiger partial charge is 0.229 e. The van der Waals surface area contributed by atoms with E-state index < -0.39 is 5.82 Å². The summed E-state index contributed by atoms with van der Waals surface area (Å²) in [7, 11) is 0. The summed E-state index contributed by atoms with van der Waals surface area (Å²) in [5, 5.41) is 2.73. The zero-order valence-corrected chi connectivity index (χ0v) is 11.1. The van der Waals surface area contributed by atoms with Crippen molar-refractivity contribution in [1.29, 1.82) is 0 Å². The van der Waals surface area contributed by atoms with E-state index >= 15 is 0 Å². The maximum Gasteiger partial charge on any atom is 0.229 e. The SMILES string of the molecule is NC(=S)c1cc(NC(=O)C2CCCOC2)ccc1F. The molecule has 1 aliphatic heterocycles. The molecule has 3 N–H and O–H groups in total. The molecule has 102 valence electrons. The highest BCUT2D eigenvalue weighted by Gasteiger charge is 2.22. The molecule has 1 saturated heterocycles. The lowest BCUT2D eigenvalue weighted by Gasteiger charge is -2.21. The van der Waals surface area contributed by atoms with Gasteiger partial charge in [0.15, 0.2) is 0 Å². The molecule has 1 aliphatic rings. The normalized spacial score (nSPS) is 18.9. The highest BCUT2D eigenvalue weighted by atomic mass is 32.1. The Morgan fingerprint density at radius 2 is 2.32 bits per heavy atom. The zero-order chi connectivity index (χ0) is 13.8. The monoisotopic (exact) mass is 282 g/mol. The minimum atomic E-state index is -0.494. The van der Waals surface area contributed by atoms with Gasteiger partial charge in [-0.25, -0.2) is 4.39 Å². The molecule has 6 heteroatoms. The molecule has 19 heavy (non-hydrogen) atoms. The molecule has 1 unspecified atom stereocenters. The third kappa shape index (κ3) is 3.48. The number of nitrogens with one attached hydrogen (secondary N) is 1. The molecule has 0 spiro atoms. The van der Waals surface area contributed by atoms with Crippen molar-refractivity contribution in [1.82, 2.24) is 0 Å². The number of nitrogens with two attached hydrogens (primary N) is 1. The molecule has 1 amide bonds. The Morgan fingerprint density at radius 1 is 1.53 bits per heavy atom. The van der Waals surface area contributed by atoms with Gasteiger partial charge < -0.3 is 15.8 Å². The minimum Gasteiger partial charge on any atom is -0.389 e. The first-order valence-electron chi connectivity index (χ1n) is 6.06. The summed E-state index contributed by atoms with van der Waals surface area (Å²) < 4.78 is 18.7. The van der Waals surface area contributed by atoms with E-state index in [1.165, 1.54) is 18.2 Å². The van der Waals surface area contributed by atoms with Crippen molar-refractivity contribution >= 4 is 28.8 Å². The predicted molar refractivity (Wildman–Crippen MR) is 74.5 cm³/mol. The number of hydrogen-bond acceptors (Lipinski definition) is 3. The molecule has 1 aromatic rings. The number of anilines is 1. The predicted octanol–water partition coefficient (Wildman–Crippen LogP) is 1.82. The van der Waals surface area contributed by atoms with Crippen LogP contribution in [0, 0.1) is 11.7 Å². The molecule has 1 heterocycles. The maximum atomic E-state index is 13.4. The van der Waals surface area contributed by atoms with Gasteiger partial charge in [0.2, 0.25) is 5.91 Å². The molecular formula is C13H15FN2O2S. The van der Waals surface area contributed by atoms with Crippen LogP contribution >= 0.6 is 12.2 Å². The van der Waals surface area contributed by atoms with Crippen LogP contribution in [0.15, 0.2) is 18.2 Å². The summed E-state index contributed by atoms with van der Waals surface area (Å²) in [6.07, 6.45) is 1.68. The van der Waals surface area contributed by atoms with Crippen LogP contribution in [0.4, 0.5) is 10.1 Å². The van der Waals surface area contributed by atoms with E-state index in [1.54, 1.807) is 0 Å². The summed E-state index contributed by atoms with van der Waals surface area (Å²) in [6.45, 7) is 1.13. The van der Waals surface area contributed by atoms with Gasteiger partial charge >= 0.3 is 0 Å². The van der Waals surface area contributed by atoms with Gasteiger partial charge in [-0.3, -0.25) is 4.79 Å². The van der Waals surface area contributed by atoms with Crippen LogP contribution in [0.5, 0.6) is 0 Å². The van der Waals surface area contributed by atoms with Gasteiger partial charge in [-0.2, -0.15) is 0 Å². The summed E-state index contributed by atoms with van der Waals surface area (Å²) >= 11 is 4.75. The van der Waals surface area contributed by atoms with Crippen LogP contribution in [0.3, 0.4) is 0 Å². The molecule has 0 aliphatic carbocycles. The molecule has 0 radical (unpaired) electrons. The van der Waals surface area contributed by atoms with Crippen LogP contribution in [0.2, 0.25) is 0 Å². The van der Waals surface area contributed by atoms with Crippen LogP contribution in [-0.2, 0) is 9.53 Å². The first-order chi connectivity index (χ1) is 9.08. The molecule has 4 nitrogen and oxygen atoms in total. The van der Waals surface area contributed by atoms with Crippen molar-refractivity contribution in [3.63, 3.8) is 0 Å². The third-order valence-corrected chi connectivity index (χ3v) is 3.25. The van der Waals surface area contributed by atoms with Gasteiger partial charge in [0.25, 0.3) is 0 Å². The molecule has 1 fully saturated rings. The standard InChI is InChI=1S/C13H15FN2O2S/c14-11-4-3-9(6-10(11)12(15)19)16-13(17)8-2-1-5-18-7-8/h3-4,6,8H,1-2,5,7H2,(H2,15,19)(H,16,17). The van der Waals surface area contributed by atoms with Gasteiger partial charge in [-0.1, -0.05) is 12.2 Å². The average molecular weight is 282 g/mol. The Bertz CT molecular complexity index is 501. The molecule has 2 rings (SSSR count). The van der Waals surface area contributed by atoms with E-state index in [9.17, 15) is 9.18 Å². The van der Waals surface area contributed by atoms with Crippen LogP contribution in [-0.4, -0.2) is 24.1 Å². The third-order valence-electron chi connectivity index (χ3n) is 3.03. The average Bonchev–Trinajstić information content (AvgIpc) is 2.41. The van der Waals surface area contributed by atoms with Crippen LogP contribution in [0.1, 0.15) is 18.4 Å². The lowest BCUT2D eigenvalue weighted by molar-refractivity contribution is -0.123. The van der Waals surface area contributed by atoms with Gasteiger partial charge in [-0.15, -0.1) is 0 Å². The number of ether oxygens (including phenoxy) is 1. The highest BCUT2D eigenvalue weighted by Crippen LogP contribution is 2.19. The van der Waals surface area contributed by atoms with E-state index in [0.717, 1.165) is 12.8 Å². The second-order valence-corrected chi connectivity index (χ2v) is 4.90. The number of amides is 1. The van der Waals surface area contributed by atoms with Crippen molar-refractivity contribution < 1.29 is 13.9 Å². The fourth-order valence-corrected chi connectivity index (χ4v) is 2.14. The summed E-state index contributed by atoms with van der Waals surface area (Å²) in [6, 6.07) is 4.17.